The van der Waals surface area contributed by atoms with Crippen molar-refractivity contribution in [1.29, 1.82) is 0 Å². The maximum atomic E-state index is 11.6. The minimum atomic E-state index is -3.75. The third kappa shape index (κ3) is 18.6. The quantitative estimate of drug-likeness (QED) is 0.0636. The van der Waals surface area contributed by atoms with Gasteiger partial charge < -0.3 is 31.1 Å². The number of anilines is 8. The lowest BCUT2D eigenvalue weighted by molar-refractivity contribution is -0.131. The predicted octanol–water partition coefficient (Wildman–Crippen LogP) is 13.1. The summed E-state index contributed by atoms with van der Waals surface area (Å²) in [6.07, 6.45) is 15.5. The third-order valence-corrected chi connectivity index (χ3v) is 24.8. The molecule has 2 aliphatic heterocycles. The number of fused-ring (bicyclic) bond motifs is 12. The van der Waals surface area contributed by atoms with Crippen LogP contribution in [-0.4, -0.2) is 158 Å². The lowest BCUT2D eigenvalue weighted by Gasteiger charge is -2.33. The van der Waals surface area contributed by atoms with E-state index < -0.39 is 10.0 Å². The largest absolute Gasteiger partial charge is 0.340 e. The summed E-state index contributed by atoms with van der Waals surface area (Å²) in [5, 5.41) is 20.4. The first-order valence-corrected chi connectivity index (χ1v) is 42.2. The molecule has 574 valence electrons. The number of nitrogens with zero attached hydrogens (tertiary/aromatic N) is 16. The molecule has 0 bridgehead atoms. The van der Waals surface area contributed by atoms with Crippen LogP contribution < -0.4 is 26.4 Å². The molecule has 2 amide bonds. The lowest BCUT2D eigenvalue weighted by Crippen LogP contribution is -2.47. The Morgan fingerprint density at radius 3 is 1.22 bits per heavy atom. The average Bonchev–Trinajstić information content (AvgIpc) is 1.60. The van der Waals surface area contributed by atoms with E-state index in [0.717, 1.165) is 211 Å². The third-order valence-electron chi connectivity index (χ3n) is 20.0. The van der Waals surface area contributed by atoms with Crippen molar-refractivity contribution in [3.63, 3.8) is 0 Å². The molecule has 18 rings (SSSR count). The molecule has 12 aromatic rings. The fourth-order valence-corrected chi connectivity index (χ4v) is 19.0. The van der Waals surface area contributed by atoms with Crippen molar-refractivity contribution in [2.45, 2.75) is 124 Å². The van der Waals surface area contributed by atoms with Gasteiger partial charge >= 0.3 is 0 Å². The van der Waals surface area contributed by atoms with Gasteiger partial charge in [0.1, 0.15) is 27.2 Å². The molecule has 0 unspecified atom stereocenters. The van der Waals surface area contributed by atoms with Gasteiger partial charge in [0, 0.05) is 130 Å². The van der Waals surface area contributed by atoms with Crippen LogP contribution in [0.3, 0.4) is 0 Å². The monoisotopic (exact) mass is 1590 g/mol. The van der Waals surface area contributed by atoms with Crippen LogP contribution in [0.5, 0.6) is 0 Å². The number of hydrogen-bond acceptors (Lipinski definition) is 27. The highest BCUT2D eigenvalue weighted by Gasteiger charge is 2.30. The Kier molecular flexibility index (Phi) is 23.1. The van der Waals surface area contributed by atoms with Crippen LogP contribution in [0.1, 0.15) is 102 Å². The summed E-state index contributed by atoms with van der Waals surface area (Å²) in [5.74, 6) is 2.63. The van der Waals surface area contributed by atoms with Gasteiger partial charge in [0.25, 0.3) is 0 Å². The summed E-state index contributed by atoms with van der Waals surface area (Å²) in [5.41, 5.74) is 25.6. The smallest absolute Gasteiger partial charge is 0.238 e. The van der Waals surface area contributed by atoms with E-state index in [0.29, 0.717) is 35.9 Å². The first-order valence-electron chi connectivity index (χ1n) is 37.3. The van der Waals surface area contributed by atoms with Gasteiger partial charge in [0.15, 0.2) is 0 Å². The molecule has 0 atom stereocenters. The van der Waals surface area contributed by atoms with Crippen molar-refractivity contribution < 1.29 is 22.8 Å². The Labute approximate surface area is 666 Å². The second kappa shape index (κ2) is 33.7. The van der Waals surface area contributed by atoms with Gasteiger partial charge in [0.2, 0.25) is 45.6 Å². The Balaban J connectivity index is 0.000000120. The molecule has 10 heterocycles. The van der Waals surface area contributed by atoms with Gasteiger partial charge in [-0.15, -0.1) is 45.3 Å². The molecule has 0 spiro atoms. The van der Waals surface area contributed by atoms with E-state index in [9.17, 15) is 22.8 Å². The van der Waals surface area contributed by atoms with E-state index in [2.05, 4.69) is 130 Å². The van der Waals surface area contributed by atoms with Crippen LogP contribution in [-0.2, 0) is 95.3 Å². The molecule has 6 aliphatic rings. The molecule has 2 fully saturated rings. The molecule has 0 radical (unpaired) electrons. The Bertz CT molecular complexity index is 5610. The van der Waals surface area contributed by atoms with Gasteiger partial charge in [-0.1, -0.05) is 30.3 Å². The Morgan fingerprint density at radius 1 is 0.429 bits per heavy atom. The highest BCUT2D eigenvalue weighted by Crippen LogP contribution is 2.41. The number of nitrogens with two attached hydrogens (primary N) is 1. The number of Topliss-reactive ketones (excluding diaryl/α,β-unsaturated/α-hetero) is 1. The zero-order valence-corrected chi connectivity index (χ0v) is 67.4. The second-order valence-corrected chi connectivity index (χ2v) is 34.4. The first kappa shape index (κ1) is 76.7. The minimum Gasteiger partial charge on any atom is -0.340 e. The topological polar surface area (TPSA) is 327 Å². The fourth-order valence-electron chi connectivity index (χ4n) is 14.6. The van der Waals surface area contributed by atoms with Crippen molar-refractivity contribution in [1.82, 2.24) is 79.4 Å². The summed E-state index contributed by atoms with van der Waals surface area (Å²) in [7, 11) is -3.75. The standard InChI is InChI=1S/C25H28N6O2S.C24H28N6OS.C17H16N4S.C15H13N5O2S2/c1-16(32)12-18-4-3-5-20(13-18)27-25-26-14-19-6-7-21-24(23(19)29-25)34-22(28-21)15-30-8-10-31(11-9-30)17(2)33;1-15-10-16(2)12-19(11-15)26-24-25-13-18-4-5-20-23(22(18)28-24)32-21(27-20)14-29-6-8-30(9-7-29)17(3)31;1-10-5-11(2)7-13(6-10)20-17-18-8-12-3-4-14-16(15(12)21-17)19-9-22-14;16-24(21,22)11-3-1-2-10(6-11)19-15-17-7-9-4-5-12-14(13(9)20-15)18-8-23-12/h3-5,13-14H,6-12,15H2,1-2H3,(H,26,27,29);10-13H,4-9,14H2,1-3H3,(H,25,26,28);5-9H,3-4H2,1-2H3,(H,18,20,21);1-3,6-8H,4-5H2,(H2,16,21,22)(H,17,19,20). The molecular weight excluding hydrogens is 1510 g/mol. The number of sulfonamides is 1. The van der Waals surface area contributed by atoms with Gasteiger partial charge in [-0.25, -0.2) is 73.4 Å². The first-order chi connectivity index (χ1) is 54.1. The number of carbonyl (C=O) groups is 3. The highest BCUT2D eigenvalue weighted by atomic mass is 32.2. The number of aryl methyl sites for hydroxylation is 12. The van der Waals surface area contributed by atoms with Gasteiger partial charge in [-0.05, 0) is 191 Å². The zero-order chi connectivity index (χ0) is 77.7. The second-order valence-electron chi connectivity index (χ2n) is 28.8. The van der Waals surface area contributed by atoms with E-state index >= 15 is 0 Å². The average molecular weight is 1590 g/mol. The molecule has 6 N–H and O–H groups in total. The minimum absolute atomic E-state index is 0.0345. The number of rotatable bonds is 15. The van der Waals surface area contributed by atoms with Crippen LogP contribution in [0.2, 0.25) is 0 Å². The summed E-state index contributed by atoms with van der Waals surface area (Å²) >= 11 is 6.80. The van der Waals surface area contributed by atoms with E-state index in [1.165, 1.54) is 60.1 Å². The highest BCUT2D eigenvalue weighted by molar-refractivity contribution is 7.89. The molecule has 112 heavy (non-hydrogen) atoms. The van der Waals surface area contributed by atoms with Gasteiger partial charge in [0.05, 0.1) is 72.9 Å². The number of hydrogen-bond donors (Lipinski definition) is 5. The van der Waals surface area contributed by atoms with E-state index in [-0.39, 0.29) is 22.5 Å². The SMILES string of the molecule is CC(=O)Cc1cccc(Nc2ncc3c(n2)-c2sc(CN4CCN(C(C)=O)CC4)nc2CC3)c1.CC(=O)N1CCN(Cc2nc3c(s2)-c2nc(Nc4cc(C)cc(C)c4)ncc2CC3)CC1.Cc1cc(C)cc(Nc2ncc3c(n2)-c2ncsc2CC3)c1.NS(=O)(=O)c1cccc(Nc2ncc3c(n2)-c2ncsc2CC3)c1. The van der Waals surface area contributed by atoms with Gasteiger partial charge in [-0.2, -0.15) is 0 Å². The van der Waals surface area contributed by atoms with Gasteiger partial charge in [-0.3, -0.25) is 24.2 Å². The molecule has 31 heteroatoms. The van der Waals surface area contributed by atoms with Crippen molar-refractivity contribution in [2.24, 2.45) is 5.14 Å². The van der Waals surface area contributed by atoms with Crippen LogP contribution in [0.4, 0.5) is 46.5 Å². The van der Waals surface area contributed by atoms with Crippen LogP contribution in [0, 0.1) is 27.7 Å². The summed E-state index contributed by atoms with van der Waals surface area (Å²) < 4.78 is 22.9. The fraction of sp³-hybridized carbons (Fsp3) is 0.321. The number of carbonyl (C=O) groups excluding carboxylic acids is 3. The van der Waals surface area contributed by atoms with E-state index in [1.54, 1.807) is 84.4 Å². The summed E-state index contributed by atoms with van der Waals surface area (Å²) in [6, 6.07) is 26.8. The van der Waals surface area contributed by atoms with Crippen LogP contribution in [0.25, 0.3) is 43.9 Å². The number of aromatic nitrogens is 12. The van der Waals surface area contributed by atoms with E-state index in [1.807, 2.05) is 63.7 Å². The maximum Gasteiger partial charge on any atom is 0.238 e. The number of amides is 2. The molecule has 2 saturated heterocycles. The molecule has 4 aromatic carbocycles. The summed E-state index contributed by atoms with van der Waals surface area (Å²) in [4.78, 5) is 104. The number of benzene rings is 4. The Morgan fingerprint density at radius 2 is 0.812 bits per heavy atom. The molecule has 26 nitrogen and oxygen atoms in total. The maximum absolute atomic E-state index is 11.6. The van der Waals surface area contributed by atoms with E-state index in [4.69, 9.17) is 30.1 Å². The van der Waals surface area contributed by atoms with Crippen molar-refractivity contribution in [3.8, 4) is 43.9 Å². The zero-order valence-electron chi connectivity index (χ0n) is 63.3. The van der Waals surface area contributed by atoms with Crippen LogP contribution >= 0.6 is 45.3 Å². The lowest BCUT2D eigenvalue weighted by atomic mass is 10.00. The molecule has 4 aliphatic carbocycles. The predicted molar refractivity (Wildman–Crippen MR) is 441 cm³/mol. The van der Waals surface area contributed by atoms with Crippen LogP contribution in [0.15, 0.2) is 126 Å². The van der Waals surface area contributed by atoms with Crippen molar-refractivity contribution >= 4 is 120 Å². The van der Waals surface area contributed by atoms with Crippen molar-refractivity contribution in [2.75, 3.05) is 73.6 Å². The summed E-state index contributed by atoms with van der Waals surface area (Å²) in [6.45, 7) is 21.6. The number of ketones is 1. The normalized spacial score (nSPS) is 14.6. The molecule has 8 aromatic heterocycles. The number of primary sulfonamides is 1. The molecule has 0 saturated carbocycles. The molecular formula is C81H85N21O5S5. The number of nitrogens with one attached hydrogen (secondary N) is 4. The Hall–Kier alpha value is -10.6. The van der Waals surface area contributed by atoms with Crippen molar-refractivity contribution in [3.05, 3.63) is 202 Å². The number of piperazine rings is 2. The number of thiazole rings is 4.